The van der Waals surface area contributed by atoms with Crippen LogP contribution in [0.15, 0.2) is 0 Å². The van der Waals surface area contributed by atoms with Crippen LogP contribution in [0, 0.1) is 5.92 Å². The first-order valence-corrected chi connectivity index (χ1v) is 6.49. The third-order valence-electron chi connectivity index (χ3n) is 3.37. The number of quaternary nitrogens is 2. The topological polar surface area (TPSA) is 26.3 Å². The van der Waals surface area contributed by atoms with Crippen LogP contribution in [0.1, 0.15) is 12.8 Å². The highest BCUT2D eigenvalue weighted by molar-refractivity contribution is 5.72. The van der Waals surface area contributed by atoms with Gasteiger partial charge in [0.15, 0.2) is 0 Å². The van der Waals surface area contributed by atoms with Crippen LogP contribution in [0.25, 0.3) is 0 Å². The number of likely N-dealkylation sites (tertiary alicyclic amines) is 1. The predicted octanol–water partition coefficient (Wildman–Crippen LogP) is 0.722. The van der Waals surface area contributed by atoms with Crippen LogP contribution in [0.2, 0.25) is 0 Å². The van der Waals surface area contributed by atoms with Crippen LogP contribution in [0.5, 0.6) is 0 Å². The summed E-state index contributed by atoms with van der Waals surface area (Å²) in [5.41, 5.74) is 0. The number of esters is 1. The fraction of sp³-hybridized carbons (Fsp3) is 0.923. The first-order valence-electron chi connectivity index (χ1n) is 6.49. The van der Waals surface area contributed by atoms with Crippen LogP contribution in [-0.2, 0) is 9.53 Å². The number of hydrogen-bond acceptors (Lipinski definition) is 2. The molecule has 0 spiro atoms. The summed E-state index contributed by atoms with van der Waals surface area (Å²) in [6, 6.07) is 0. The fourth-order valence-corrected chi connectivity index (χ4v) is 2.28. The van der Waals surface area contributed by atoms with Crippen molar-refractivity contribution in [1.82, 2.24) is 0 Å². The zero-order valence-corrected chi connectivity index (χ0v) is 12.0. The van der Waals surface area contributed by atoms with Crippen molar-refractivity contribution < 1.29 is 18.5 Å². The van der Waals surface area contributed by atoms with E-state index in [-0.39, 0.29) is 11.9 Å². The summed E-state index contributed by atoms with van der Waals surface area (Å²) in [6.45, 7) is 3.49. The van der Waals surface area contributed by atoms with Crippen LogP contribution < -0.4 is 0 Å². The van der Waals surface area contributed by atoms with Gasteiger partial charge < -0.3 is 13.7 Å². The van der Waals surface area contributed by atoms with E-state index in [0.29, 0.717) is 6.61 Å². The Kier molecular flexibility index (Phi) is 4.55. The summed E-state index contributed by atoms with van der Waals surface area (Å²) in [5, 5.41) is 0. The second-order valence-electron chi connectivity index (χ2n) is 6.86. The molecule has 0 amide bonds. The van der Waals surface area contributed by atoms with Gasteiger partial charge in [0.1, 0.15) is 19.1 Å². The Morgan fingerprint density at radius 1 is 1.35 bits per heavy atom. The van der Waals surface area contributed by atoms with Gasteiger partial charge in [-0.3, -0.25) is 4.79 Å². The molecule has 1 heterocycles. The molecule has 0 aromatic carbocycles. The molecule has 1 rings (SSSR count). The van der Waals surface area contributed by atoms with Gasteiger partial charge in [0, 0.05) is 0 Å². The number of piperidine rings is 1. The molecule has 1 fully saturated rings. The lowest BCUT2D eigenvalue weighted by Crippen LogP contribution is -2.50. The highest BCUT2D eigenvalue weighted by Gasteiger charge is 2.33. The second kappa shape index (κ2) is 5.36. The van der Waals surface area contributed by atoms with Crippen molar-refractivity contribution in [3.8, 4) is 0 Å². The Morgan fingerprint density at radius 3 is 2.53 bits per heavy atom. The van der Waals surface area contributed by atoms with Gasteiger partial charge in [-0.15, -0.1) is 0 Å². The zero-order chi connectivity index (χ0) is 13.1. The third-order valence-corrected chi connectivity index (χ3v) is 3.37. The maximum Gasteiger partial charge on any atom is 0.314 e. The summed E-state index contributed by atoms with van der Waals surface area (Å²) < 4.78 is 7.16. The molecule has 1 aliphatic rings. The van der Waals surface area contributed by atoms with Crippen LogP contribution in [-0.4, -0.2) is 76.4 Å². The van der Waals surface area contributed by atoms with Crippen LogP contribution in [0.4, 0.5) is 0 Å². The fourth-order valence-electron chi connectivity index (χ4n) is 2.28. The molecule has 100 valence electrons. The average Bonchev–Trinajstić information content (AvgIpc) is 2.13. The van der Waals surface area contributed by atoms with Crippen molar-refractivity contribution in [2.45, 2.75) is 12.8 Å². The van der Waals surface area contributed by atoms with Gasteiger partial charge >= 0.3 is 5.97 Å². The molecule has 0 radical (unpaired) electrons. The smallest absolute Gasteiger partial charge is 0.314 e. The second-order valence-corrected chi connectivity index (χ2v) is 6.86. The van der Waals surface area contributed by atoms with Crippen molar-refractivity contribution in [3.63, 3.8) is 0 Å². The molecule has 1 atom stereocenters. The van der Waals surface area contributed by atoms with Crippen molar-refractivity contribution in [2.24, 2.45) is 5.92 Å². The number of ether oxygens (including phenoxy) is 1. The number of carbonyl (C=O) groups is 1. The Hall–Kier alpha value is -0.610. The highest BCUT2D eigenvalue weighted by Crippen LogP contribution is 2.20. The lowest BCUT2D eigenvalue weighted by Gasteiger charge is -2.37. The molecule has 1 saturated heterocycles. The molecule has 1 aliphatic heterocycles. The predicted molar refractivity (Wildman–Crippen MR) is 68.4 cm³/mol. The van der Waals surface area contributed by atoms with E-state index in [9.17, 15) is 4.79 Å². The van der Waals surface area contributed by atoms with Crippen LogP contribution in [0.3, 0.4) is 0 Å². The lowest BCUT2D eigenvalue weighted by atomic mass is 9.97. The van der Waals surface area contributed by atoms with Gasteiger partial charge in [0.05, 0.1) is 48.3 Å². The standard InChI is InChI=1S/C13H28N2O2/c1-14(2,3)9-10-17-13(16)12-7-6-8-15(4,5)11-12/h12H,6-11H2,1-5H3/q+2. The van der Waals surface area contributed by atoms with E-state index in [1.165, 1.54) is 6.54 Å². The van der Waals surface area contributed by atoms with Crippen molar-refractivity contribution in [2.75, 3.05) is 61.5 Å². The van der Waals surface area contributed by atoms with Gasteiger partial charge in [-0.2, -0.15) is 0 Å². The van der Waals surface area contributed by atoms with E-state index >= 15 is 0 Å². The number of rotatable bonds is 4. The molecule has 4 nitrogen and oxygen atoms in total. The summed E-state index contributed by atoms with van der Waals surface area (Å²) in [4.78, 5) is 11.9. The largest absolute Gasteiger partial charge is 0.459 e. The molecule has 0 saturated carbocycles. The van der Waals surface area contributed by atoms with Crippen molar-refractivity contribution in [1.29, 1.82) is 0 Å². The molecule has 0 aromatic rings. The molecular weight excluding hydrogens is 216 g/mol. The number of nitrogens with zero attached hydrogens (tertiary/aromatic N) is 2. The maximum absolute atomic E-state index is 11.9. The normalized spacial score (nSPS) is 24.4. The maximum atomic E-state index is 11.9. The van der Waals surface area contributed by atoms with Gasteiger partial charge in [0.2, 0.25) is 0 Å². The SMILES string of the molecule is C[N+](C)(C)CCOC(=O)C1CCC[N+](C)(C)C1. The molecular formula is C13H28N2O2+2. The Labute approximate surface area is 105 Å². The molecule has 0 bridgehead atoms. The van der Waals surface area contributed by atoms with Gasteiger partial charge in [-0.25, -0.2) is 0 Å². The number of carbonyl (C=O) groups excluding carboxylic acids is 1. The molecule has 17 heavy (non-hydrogen) atoms. The molecule has 0 N–H and O–H groups in total. The van der Waals surface area contributed by atoms with E-state index in [4.69, 9.17) is 4.74 Å². The number of hydrogen-bond donors (Lipinski definition) is 0. The minimum Gasteiger partial charge on any atom is -0.459 e. The van der Waals surface area contributed by atoms with E-state index < -0.39 is 0 Å². The quantitative estimate of drug-likeness (QED) is 0.538. The average molecular weight is 244 g/mol. The molecule has 0 aromatic heterocycles. The van der Waals surface area contributed by atoms with E-state index in [0.717, 1.165) is 34.9 Å². The van der Waals surface area contributed by atoms with Crippen molar-refractivity contribution >= 4 is 5.97 Å². The van der Waals surface area contributed by atoms with E-state index in [1.807, 2.05) is 0 Å². The Morgan fingerprint density at radius 2 is 2.00 bits per heavy atom. The van der Waals surface area contributed by atoms with Crippen LogP contribution >= 0.6 is 0 Å². The molecule has 4 heteroatoms. The minimum atomic E-state index is 0.00403. The first kappa shape index (κ1) is 14.5. The summed E-state index contributed by atoms with van der Waals surface area (Å²) in [5.74, 6) is 0.107. The van der Waals surface area contributed by atoms with Gasteiger partial charge in [0.25, 0.3) is 0 Å². The zero-order valence-electron chi connectivity index (χ0n) is 12.0. The third kappa shape index (κ3) is 5.50. The van der Waals surface area contributed by atoms with Gasteiger partial charge in [-0.05, 0) is 12.8 Å². The van der Waals surface area contributed by atoms with E-state index in [1.54, 1.807) is 0 Å². The Balaban J connectivity index is 2.33. The first-order chi connectivity index (χ1) is 7.70. The number of likely N-dealkylation sites (N-methyl/N-ethyl adjacent to an activating group) is 1. The van der Waals surface area contributed by atoms with Crippen molar-refractivity contribution in [3.05, 3.63) is 0 Å². The monoisotopic (exact) mass is 244 g/mol. The minimum absolute atomic E-state index is 0.00403. The Bertz CT molecular complexity index is 269. The molecule has 0 aliphatic carbocycles. The molecule has 1 unspecified atom stereocenters. The highest BCUT2D eigenvalue weighted by atomic mass is 16.5. The van der Waals surface area contributed by atoms with E-state index in [2.05, 4.69) is 35.2 Å². The summed E-state index contributed by atoms with van der Waals surface area (Å²) >= 11 is 0. The summed E-state index contributed by atoms with van der Waals surface area (Å²) in [7, 11) is 10.7. The van der Waals surface area contributed by atoms with Gasteiger partial charge in [-0.1, -0.05) is 0 Å². The lowest BCUT2D eigenvalue weighted by molar-refractivity contribution is -0.897. The summed E-state index contributed by atoms with van der Waals surface area (Å²) in [6.07, 6.45) is 2.12.